The Balaban J connectivity index is 1.48. The van der Waals surface area contributed by atoms with E-state index in [1.165, 1.54) is 19.4 Å². The summed E-state index contributed by atoms with van der Waals surface area (Å²) in [6.45, 7) is 5.82. The quantitative estimate of drug-likeness (QED) is 0.508. The summed E-state index contributed by atoms with van der Waals surface area (Å²) < 4.78 is 0. The van der Waals surface area contributed by atoms with Gasteiger partial charge in [-0.1, -0.05) is 31.9 Å². The summed E-state index contributed by atoms with van der Waals surface area (Å²) >= 11 is 0. The van der Waals surface area contributed by atoms with Gasteiger partial charge in [0.25, 0.3) is 0 Å². The Hall–Kier alpha value is -2.08. The molecule has 0 bridgehead atoms. The van der Waals surface area contributed by atoms with Gasteiger partial charge in [-0.15, -0.1) is 0 Å². The molecule has 0 radical (unpaired) electrons. The van der Waals surface area contributed by atoms with Crippen molar-refractivity contribution in [2.75, 3.05) is 25.0 Å². The Morgan fingerprint density at radius 3 is 2.85 bits per heavy atom. The number of nitrogens with zero attached hydrogens (tertiary/aromatic N) is 2. The van der Waals surface area contributed by atoms with E-state index in [-0.39, 0.29) is 11.8 Å². The molecule has 0 spiro atoms. The fraction of sp³-hybridized carbons (Fsp3) is 0.619. The normalized spacial score (nSPS) is 21.5. The number of aliphatic imine (C=N–C) groups is 1. The molecule has 1 aromatic rings. The van der Waals surface area contributed by atoms with E-state index < -0.39 is 0 Å². The van der Waals surface area contributed by atoms with Gasteiger partial charge in [0.05, 0.1) is 6.54 Å². The second-order valence-corrected chi connectivity index (χ2v) is 7.68. The lowest BCUT2D eigenvalue weighted by atomic mass is 10.1. The maximum Gasteiger partial charge on any atom is 0.227 e. The number of hydrogen-bond acceptors (Lipinski definition) is 3. The molecule has 6 nitrogen and oxygen atoms in total. The maximum atomic E-state index is 12.3. The van der Waals surface area contributed by atoms with E-state index in [1.54, 1.807) is 0 Å². The molecule has 1 unspecified atom stereocenters. The van der Waals surface area contributed by atoms with Crippen LogP contribution in [0.25, 0.3) is 0 Å². The molecule has 1 heterocycles. The summed E-state index contributed by atoms with van der Waals surface area (Å²) in [6.07, 6.45) is 6.82. The third kappa shape index (κ3) is 5.70. The Morgan fingerprint density at radius 1 is 1.26 bits per heavy atom. The lowest BCUT2D eigenvalue weighted by molar-refractivity contribution is -0.119. The molecule has 0 aromatic heterocycles. The van der Waals surface area contributed by atoms with Crippen LogP contribution in [0.3, 0.4) is 0 Å². The fourth-order valence-corrected chi connectivity index (χ4v) is 4.18. The number of nitrogens with two attached hydrogens (primary N) is 1. The van der Waals surface area contributed by atoms with E-state index in [9.17, 15) is 4.79 Å². The van der Waals surface area contributed by atoms with Crippen molar-refractivity contribution in [3.8, 4) is 0 Å². The molecule has 1 aliphatic heterocycles. The van der Waals surface area contributed by atoms with Crippen LogP contribution in [0.15, 0.2) is 29.3 Å². The summed E-state index contributed by atoms with van der Waals surface area (Å²) in [7, 11) is 0. The van der Waals surface area contributed by atoms with Crippen molar-refractivity contribution in [3.05, 3.63) is 29.8 Å². The first kappa shape index (κ1) is 19.7. The number of benzene rings is 1. The van der Waals surface area contributed by atoms with E-state index in [0.717, 1.165) is 50.0 Å². The Bertz CT molecular complexity index is 654. The molecule has 1 saturated carbocycles. The molecule has 1 aliphatic carbocycles. The molecule has 1 atom stereocenters. The summed E-state index contributed by atoms with van der Waals surface area (Å²) in [4.78, 5) is 19.2. The minimum absolute atomic E-state index is 0.145. The Labute approximate surface area is 162 Å². The molecule has 1 saturated heterocycles. The summed E-state index contributed by atoms with van der Waals surface area (Å²) in [5.74, 6) is 0.800. The lowest BCUT2D eigenvalue weighted by Crippen LogP contribution is -2.42. The molecular formula is C21H33N5O. The first-order chi connectivity index (χ1) is 13.2. The van der Waals surface area contributed by atoms with E-state index in [4.69, 9.17) is 5.73 Å². The molecule has 148 valence electrons. The molecule has 4 N–H and O–H groups in total. The van der Waals surface area contributed by atoms with E-state index in [1.807, 2.05) is 24.3 Å². The van der Waals surface area contributed by atoms with Gasteiger partial charge < -0.3 is 16.4 Å². The molecule has 2 aliphatic rings. The Kier molecular flexibility index (Phi) is 7.10. The number of anilines is 1. The predicted octanol–water partition coefficient (Wildman–Crippen LogP) is 2.70. The molecule has 27 heavy (non-hydrogen) atoms. The zero-order valence-electron chi connectivity index (χ0n) is 16.4. The molecule has 3 rings (SSSR count). The highest BCUT2D eigenvalue weighted by atomic mass is 16.1. The van der Waals surface area contributed by atoms with Gasteiger partial charge >= 0.3 is 0 Å². The van der Waals surface area contributed by atoms with Gasteiger partial charge in [0.2, 0.25) is 5.91 Å². The van der Waals surface area contributed by atoms with Gasteiger partial charge in [0, 0.05) is 24.2 Å². The fourth-order valence-electron chi connectivity index (χ4n) is 4.18. The summed E-state index contributed by atoms with van der Waals surface area (Å²) in [5.41, 5.74) is 7.92. The number of nitrogens with one attached hydrogen (secondary N) is 2. The highest BCUT2D eigenvalue weighted by Crippen LogP contribution is 2.26. The van der Waals surface area contributed by atoms with Crippen LogP contribution in [0, 0.1) is 5.92 Å². The van der Waals surface area contributed by atoms with Gasteiger partial charge in [-0.3, -0.25) is 9.69 Å². The van der Waals surface area contributed by atoms with Gasteiger partial charge in [-0.25, -0.2) is 4.99 Å². The van der Waals surface area contributed by atoms with E-state index in [0.29, 0.717) is 18.5 Å². The molecular weight excluding hydrogens is 338 g/mol. The lowest BCUT2D eigenvalue weighted by Gasteiger charge is -2.23. The van der Waals surface area contributed by atoms with Gasteiger partial charge in [0.1, 0.15) is 0 Å². The number of guanidine groups is 1. The minimum atomic E-state index is 0.145. The zero-order chi connectivity index (χ0) is 19.1. The van der Waals surface area contributed by atoms with Crippen LogP contribution in [0.4, 0.5) is 5.69 Å². The number of likely N-dealkylation sites (tertiary alicyclic amines) is 1. The summed E-state index contributed by atoms with van der Waals surface area (Å²) in [6, 6.07) is 8.44. The van der Waals surface area contributed by atoms with Gasteiger partial charge in [-0.2, -0.15) is 0 Å². The molecule has 2 fully saturated rings. The van der Waals surface area contributed by atoms with Crippen molar-refractivity contribution in [2.45, 2.75) is 58.0 Å². The van der Waals surface area contributed by atoms with Crippen LogP contribution in [0.5, 0.6) is 0 Å². The second kappa shape index (κ2) is 9.74. The molecule has 1 aromatic carbocycles. The average Bonchev–Trinajstić information content (AvgIpc) is 3.36. The van der Waals surface area contributed by atoms with E-state index >= 15 is 0 Å². The number of carbonyl (C=O) groups is 1. The summed E-state index contributed by atoms with van der Waals surface area (Å²) in [5, 5.41) is 6.31. The maximum absolute atomic E-state index is 12.3. The average molecular weight is 372 g/mol. The SMILES string of the molecule is CCN1CCCC1CNC(N)=NCc1cccc(NC(=O)C2CCCC2)c1. The van der Waals surface area contributed by atoms with Crippen molar-refractivity contribution in [3.63, 3.8) is 0 Å². The standard InChI is InChI=1S/C21H33N5O/c1-2-26-12-6-11-19(26)15-24-21(22)23-14-16-7-5-10-18(13-16)25-20(27)17-8-3-4-9-17/h5,7,10,13,17,19H,2-4,6,8-9,11-12,14-15H2,1H3,(H,25,27)(H3,22,23,24). The first-order valence-corrected chi connectivity index (χ1v) is 10.3. The third-order valence-electron chi connectivity index (χ3n) is 5.78. The van der Waals surface area contributed by atoms with Crippen LogP contribution in [0.1, 0.15) is 51.0 Å². The van der Waals surface area contributed by atoms with Crippen LogP contribution in [-0.2, 0) is 11.3 Å². The Morgan fingerprint density at radius 2 is 2.07 bits per heavy atom. The molecule has 6 heteroatoms. The van der Waals surface area contributed by atoms with Crippen LogP contribution >= 0.6 is 0 Å². The van der Waals surface area contributed by atoms with Crippen LogP contribution < -0.4 is 16.4 Å². The van der Waals surface area contributed by atoms with Crippen LogP contribution in [0.2, 0.25) is 0 Å². The number of likely N-dealkylation sites (N-methyl/N-ethyl adjacent to an activating group) is 1. The van der Waals surface area contributed by atoms with Crippen molar-refractivity contribution in [2.24, 2.45) is 16.6 Å². The number of rotatable bonds is 7. The highest BCUT2D eigenvalue weighted by Gasteiger charge is 2.23. The second-order valence-electron chi connectivity index (χ2n) is 7.68. The number of hydrogen-bond donors (Lipinski definition) is 3. The zero-order valence-corrected chi connectivity index (χ0v) is 16.4. The minimum Gasteiger partial charge on any atom is -0.370 e. The van der Waals surface area contributed by atoms with Gasteiger partial charge in [-0.05, 0) is 56.5 Å². The highest BCUT2D eigenvalue weighted by molar-refractivity contribution is 5.92. The van der Waals surface area contributed by atoms with E-state index in [2.05, 4.69) is 27.4 Å². The number of amides is 1. The van der Waals surface area contributed by atoms with Crippen LogP contribution in [-0.4, -0.2) is 42.4 Å². The largest absolute Gasteiger partial charge is 0.370 e. The smallest absolute Gasteiger partial charge is 0.227 e. The van der Waals surface area contributed by atoms with Crippen molar-refractivity contribution >= 4 is 17.6 Å². The molecule has 1 amide bonds. The van der Waals surface area contributed by atoms with Crippen molar-refractivity contribution in [1.82, 2.24) is 10.2 Å². The topological polar surface area (TPSA) is 82.8 Å². The predicted molar refractivity (Wildman–Crippen MR) is 111 cm³/mol. The number of carbonyl (C=O) groups excluding carboxylic acids is 1. The first-order valence-electron chi connectivity index (χ1n) is 10.3. The van der Waals surface area contributed by atoms with Crippen molar-refractivity contribution < 1.29 is 4.79 Å². The van der Waals surface area contributed by atoms with Gasteiger partial charge in [0.15, 0.2) is 5.96 Å². The van der Waals surface area contributed by atoms with Crippen molar-refractivity contribution in [1.29, 1.82) is 0 Å². The monoisotopic (exact) mass is 371 g/mol. The third-order valence-corrected chi connectivity index (χ3v) is 5.78.